The van der Waals surface area contributed by atoms with Gasteiger partial charge in [0.25, 0.3) is 5.91 Å². The molecule has 6 N–H and O–H groups in total. The van der Waals surface area contributed by atoms with E-state index in [1.54, 1.807) is 13.1 Å². The van der Waals surface area contributed by atoms with Gasteiger partial charge in [0.05, 0.1) is 23.0 Å². The third-order valence-electron chi connectivity index (χ3n) is 3.69. The van der Waals surface area contributed by atoms with E-state index in [0.717, 1.165) is 17.0 Å². The first kappa shape index (κ1) is 17.6. The Morgan fingerprint density at radius 2 is 2.04 bits per heavy atom. The molecule has 1 unspecified atom stereocenters. The maximum Gasteiger partial charge on any atom is 0.252 e. The number of nitrogens with two attached hydrogens (primary N) is 2. The predicted octanol–water partition coefficient (Wildman–Crippen LogP) is 2.37. The molecule has 0 bridgehead atoms. The van der Waals surface area contributed by atoms with Crippen LogP contribution in [0.2, 0.25) is 0 Å². The molecule has 0 aliphatic carbocycles. The summed E-state index contributed by atoms with van der Waals surface area (Å²) in [7, 11) is 0. The van der Waals surface area contributed by atoms with Gasteiger partial charge >= 0.3 is 0 Å². The van der Waals surface area contributed by atoms with Crippen molar-refractivity contribution in [3.63, 3.8) is 0 Å². The van der Waals surface area contributed by atoms with Crippen LogP contribution in [0.25, 0.3) is 10.9 Å². The Hall–Kier alpha value is -3.26. The minimum Gasteiger partial charge on any atom is -0.366 e. The Morgan fingerprint density at radius 1 is 1.27 bits per heavy atom. The number of aromatic nitrogens is 2. The average Bonchev–Trinajstić information content (AvgIpc) is 2.61. The molecular weight excluding hydrogens is 335 g/mol. The third-order valence-corrected chi connectivity index (χ3v) is 3.69. The number of nitrogens with one attached hydrogen (secondary N) is 2. The smallest absolute Gasteiger partial charge is 0.252 e. The molecule has 0 radical (unpaired) electrons. The van der Waals surface area contributed by atoms with Crippen LogP contribution in [0.3, 0.4) is 0 Å². The number of fused-ring (bicyclic) bond motifs is 1. The highest BCUT2D eigenvalue weighted by Gasteiger charge is 2.16. The summed E-state index contributed by atoms with van der Waals surface area (Å²) in [6.07, 6.45) is 1.60. The number of hydrogen-bond donors (Lipinski definition) is 4. The lowest BCUT2D eigenvalue weighted by Gasteiger charge is -2.14. The number of carbonyl (C=O) groups is 1. The van der Waals surface area contributed by atoms with Crippen LogP contribution in [-0.4, -0.2) is 28.5 Å². The number of para-hydroxylation sites is 1. The molecule has 134 valence electrons. The summed E-state index contributed by atoms with van der Waals surface area (Å²) in [4.78, 5) is 20.2. The van der Waals surface area contributed by atoms with Crippen molar-refractivity contribution < 1.29 is 9.18 Å². The topological polar surface area (TPSA) is 119 Å². The van der Waals surface area contributed by atoms with Gasteiger partial charge in [0.15, 0.2) is 11.6 Å². The van der Waals surface area contributed by atoms with Crippen LogP contribution in [-0.2, 0) is 0 Å². The molecule has 2 heterocycles. The van der Waals surface area contributed by atoms with Crippen molar-refractivity contribution in [1.82, 2.24) is 9.97 Å². The standard InChI is InChI=1S/C18H19FN6O/c1-10(20)8-23-18-14(19)7-13(16(21)26)17(25-18)24-12-6-11-4-2-3-5-15(11)22-9-12/h2-7,9-10H,8,20H2,1H3,(H2,21,26)(H2,23,24,25). The van der Waals surface area contributed by atoms with Crippen molar-refractivity contribution in [3.05, 3.63) is 54.0 Å². The number of amides is 1. The van der Waals surface area contributed by atoms with Gasteiger partial charge in [0.2, 0.25) is 0 Å². The average molecular weight is 354 g/mol. The van der Waals surface area contributed by atoms with Crippen molar-refractivity contribution in [3.8, 4) is 0 Å². The van der Waals surface area contributed by atoms with E-state index in [2.05, 4.69) is 20.6 Å². The minimum absolute atomic E-state index is 0.0106. The second-order valence-corrected chi connectivity index (χ2v) is 5.98. The van der Waals surface area contributed by atoms with E-state index in [9.17, 15) is 9.18 Å². The van der Waals surface area contributed by atoms with Gasteiger partial charge in [0, 0.05) is 18.0 Å². The maximum atomic E-state index is 14.2. The highest BCUT2D eigenvalue weighted by molar-refractivity contribution is 5.98. The highest BCUT2D eigenvalue weighted by atomic mass is 19.1. The Labute approximate surface area is 149 Å². The molecule has 0 spiro atoms. The number of benzene rings is 1. The molecule has 3 aromatic rings. The number of carbonyl (C=O) groups excluding carboxylic acids is 1. The molecular formula is C18H19FN6O. The summed E-state index contributed by atoms with van der Waals surface area (Å²) in [5.41, 5.74) is 12.4. The summed E-state index contributed by atoms with van der Waals surface area (Å²) in [5.74, 6) is -1.33. The quantitative estimate of drug-likeness (QED) is 0.540. The van der Waals surface area contributed by atoms with Crippen molar-refractivity contribution in [1.29, 1.82) is 0 Å². The number of nitrogens with zero attached hydrogens (tertiary/aromatic N) is 2. The molecule has 8 heteroatoms. The van der Waals surface area contributed by atoms with E-state index >= 15 is 0 Å². The molecule has 2 aromatic heterocycles. The van der Waals surface area contributed by atoms with E-state index in [1.165, 1.54) is 0 Å². The zero-order valence-electron chi connectivity index (χ0n) is 14.2. The molecule has 1 aromatic carbocycles. The molecule has 26 heavy (non-hydrogen) atoms. The molecule has 0 aliphatic rings. The van der Waals surface area contributed by atoms with Crippen LogP contribution in [0.4, 0.5) is 21.7 Å². The van der Waals surface area contributed by atoms with Crippen LogP contribution >= 0.6 is 0 Å². The molecule has 3 rings (SSSR count). The first-order valence-electron chi connectivity index (χ1n) is 8.05. The zero-order chi connectivity index (χ0) is 18.7. The van der Waals surface area contributed by atoms with E-state index in [0.29, 0.717) is 12.2 Å². The Bertz CT molecular complexity index is 960. The fourth-order valence-corrected chi connectivity index (χ4v) is 2.43. The van der Waals surface area contributed by atoms with Crippen LogP contribution in [0.5, 0.6) is 0 Å². The zero-order valence-corrected chi connectivity index (χ0v) is 14.2. The first-order chi connectivity index (χ1) is 12.4. The van der Waals surface area contributed by atoms with Crippen molar-refractivity contribution >= 4 is 34.1 Å². The molecule has 0 saturated carbocycles. The summed E-state index contributed by atoms with van der Waals surface area (Å²) >= 11 is 0. The second kappa shape index (κ2) is 7.32. The van der Waals surface area contributed by atoms with Gasteiger partial charge in [0.1, 0.15) is 5.82 Å². The minimum atomic E-state index is -0.786. The lowest BCUT2D eigenvalue weighted by Crippen LogP contribution is -2.26. The normalized spacial score (nSPS) is 12.0. The summed E-state index contributed by atoms with van der Waals surface area (Å²) < 4.78 is 14.2. The Morgan fingerprint density at radius 3 is 2.77 bits per heavy atom. The molecule has 1 atom stereocenters. The summed E-state index contributed by atoms with van der Waals surface area (Å²) in [5, 5.41) is 6.72. The number of rotatable bonds is 6. The van der Waals surface area contributed by atoms with E-state index in [1.807, 2.05) is 30.3 Å². The number of pyridine rings is 2. The number of halogens is 1. The lowest BCUT2D eigenvalue weighted by atomic mass is 10.2. The van der Waals surface area contributed by atoms with Crippen LogP contribution in [0, 0.1) is 5.82 Å². The highest BCUT2D eigenvalue weighted by Crippen LogP contribution is 2.25. The van der Waals surface area contributed by atoms with Gasteiger partial charge in [-0.05, 0) is 25.1 Å². The van der Waals surface area contributed by atoms with Crippen LogP contribution in [0.15, 0.2) is 42.6 Å². The molecule has 0 saturated heterocycles. The van der Waals surface area contributed by atoms with E-state index < -0.39 is 11.7 Å². The molecule has 0 fully saturated rings. The summed E-state index contributed by atoms with van der Waals surface area (Å²) in [6, 6.07) is 10.3. The fraction of sp³-hybridized carbons (Fsp3) is 0.167. The van der Waals surface area contributed by atoms with Gasteiger partial charge in [-0.25, -0.2) is 9.37 Å². The van der Waals surface area contributed by atoms with Crippen molar-refractivity contribution in [2.75, 3.05) is 17.2 Å². The van der Waals surface area contributed by atoms with E-state index in [4.69, 9.17) is 11.5 Å². The predicted molar refractivity (Wildman–Crippen MR) is 99.9 cm³/mol. The third kappa shape index (κ3) is 3.86. The summed E-state index contributed by atoms with van der Waals surface area (Å²) in [6.45, 7) is 2.11. The van der Waals surface area contributed by atoms with Gasteiger partial charge in [-0.3, -0.25) is 9.78 Å². The van der Waals surface area contributed by atoms with Gasteiger partial charge < -0.3 is 22.1 Å². The molecule has 7 nitrogen and oxygen atoms in total. The Balaban J connectivity index is 1.97. The van der Waals surface area contributed by atoms with Gasteiger partial charge in [-0.15, -0.1) is 0 Å². The fourth-order valence-electron chi connectivity index (χ4n) is 2.43. The molecule has 1 amide bonds. The van der Waals surface area contributed by atoms with Crippen molar-refractivity contribution in [2.45, 2.75) is 13.0 Å². The largest absolute Gasteiger partial charge is 0.366 e. The first-order valence-corrected chi connectivity index (χ1v) is 8.05. The molecule has 0 aliphatic heterocycles. The number of hydrogen-bond acceptors (Lipinski definition) is 6. The van der Waals surface area contributed by atoms with Gasteiger partial charge in [-0.1, -0.05) is 18.2 Å². The van der Waals surface area contributed by atoms with E-state index in [-0.39, 0.29) is 23.2 Å². The second-order valence-electron chi connectivity index (χ2n) is 5.98. The maximum absolute atomic E-state index is 14.2. The monoisotopic (exact) mass is 354 g/mol. The van der Waals surface area contributed by atoms with Crippen molar-refractivity contribution in [2.24, 2.45) is 11.5 Å². The SMILES string of the molecule is CC(N)CNc1nc(Nc2cnc3ccccc3c2)c(C(N)=O)cc1F. The lowest BCUT2D eigenvalue weighted by molar-refractivity contribution is 0.100. The Kier molecular flexibility index (Phi) is 4.94. The number of anilines is 3. The van der Waals surface area contributed by atoms with Crippen LogP contribution in [0.1, 0.15) is 17.3 Å². The number of primary amides is 1. The van der Waals surface area contributed by atoms with Crippen LogP contribution < -0.4 is 22.1 Å². The van der Waals surface area contributed by atoms with Gasteiger partial charge in [-0.2, -0.15) is 0 Å².